The number of furan rings is 5. The molecular weight excluding hydrogens is 1810 g/mol. The highest BCUT2D eigenvalue weighted by Gasteiger charge is 2.32. The Morgan fingerprint density at radius 2 is 0.580 bits per heavy atom. The van der Waals surface area contributed by atoms with Gasteiger partial charge in [0.05, 0.1) is 155 Å². The lowest BCUT2D eigenvalue weighted by Gasteiger charge is -2.13. The fourth-order valence-corrected chi connectivity index (χ4v) is 18.0. The van der Waals surface area contributed by atoms with Gasteiger partial charge in [0.2, 0.25) is 0 Å². The molecular formula is C114H71BrClFN16O5. The van der Waals surface area contributed by atoms with Gasteiger partial charge in [-0.2, -0.15) is 0 Å². The van der Waals surface area contributed by atoms with Crippen LogP contribution in [0.15, 0.2) is 394 Å². The molecule has 5 aliphatic rings. The minimum atomic E-state index is -0.325. The molecule has 24 heteroatoms. The highest BCUT2D eigenvalue weighted by Crippen LogP contribution is 2.40. The quantitative estimate of drug-likeness (QED) is 0.117. The van der Waals surface area contributed by atoms with Crippen LogP contribution in [0.25, 0.3) is 85.7 Å². The van der Waals surface area contributed by atoms with Crippen LogP contribution in [0.3, 0.4) is 0 Å². The predicted octanol–water partition coefficient (Wildman–Crippen LogP) is 23.3. The van der Waals surface area contributed by atoms with Gasteiger partial charge in [0.25, 0.3) is 0 Å². The van der Waals surface area contributed by atoms with E-state index in [0.717, 1.165) is 202 Å². The zero-order valence-corrected chi connectivity index (χ0v) is 75.4. The molecule has 9 aromatic carbocycles. The molecule has 0 saturated carbocycles. The lowest BCUT2D eigenvalue weighted by Crippen LogP contribution is -2.09. The maximum Gasteiger partial charge on any atom is 0.154 e. The maximum absolute atomic E-state index is 14.6. The van der Waals surface area contributed by atoms with E-state index in [1.807, 2.05) is 257 Å². The molecule has 0 bridgehead atoms. The monoisotopic (exact) mass is 1880 g/mol. The van der Waals surface area contributed by atoms with Crippen molar-refractivity contribution in [3.63, 3.8) is 0 Å². The van der Waals surface area contributed by atoms with Crippen molar-refractivity contribution in [3.8, 4) is 147 Å². The van der Waals surface area contributed by atoms with Crippen LogP contribution in [-0.4, -0.2) is 81.3 Å². The van der Waals surface area contributed by atoms with Gasteiger partial charge < -0.3 is 22.1 Å². The Kier molecular flexibility index (Phi) is 23.7. The Morgan fingerprint density at radius 1 is 0.283 bits per heavy atom. The van der Waals surface area contributed by atoms with E-state index in [-0.39, 0.29) is 5.82 Å². The van der Waals surface area contributed by atoms with Crippen molar-refractivity contribution in [3.05, 3.63) is 470 Å². The zero-order chi connectivity index (χ0) is 93.7. The van der Waals surface area contributed by atoms with E-state index in [9.17, 15) is 4.39 Å². The van der Waals surface area contributed by atoms with Crippen LogP contribution in [-0.2, 0) is 32.7 Å². The number of fused-ring (bicyclic) bond motifs is 15. The van der Waals surface area contributed by atoms with E-state index in [1.54, 1.807) is 74.7 Å². The van der Waals surface area contributed by atoms with Gasteiger partial charge in [-0.25, -0.2) is 29.3 Å². The molecule has 21 nitrogen and oxygen atoms in total. The molecule has 11 aromatic heterocycles. The van der Waals surface area contributed by atoms with Crippen LogP contribution in [0, 0.1) is 67.5 Å². The van der Waals surface area contributed by atoms with Crippen molar-refractivity contribution in [2.45, 2.75) is 32.7 Å². The van der Waals surface area contributed by atoms with Crippen molar-refractivity contribution < 1.29 is 26.5 Å². The van der Waals surface area contributed by atoms with Gasteiger partial charge in [0.15, 0.2) is 28.8 Å². The SMILES string of the molecule is C#Cc1ccc2c(c1)C(c1ccccc1)=NCc1c(-c3ccco3)ncn1-2.C#Cc1ccc2c(c1)C(c1ccccc1Br)=NCc1c(-c3ccco3)ncn1-2.C#Cc1ccc2c(c1)C(c1ccccc1Cl)=NCc1c(-c3ccco3)ncn1-2.C#Cc1ccc2c(c1)C(c1ccccc1F)=NCc1c(-c3ccco3)ncn1-2.C#Cc1ccc2c(c1)C(c1ccccn1)=NCc1c(-c3ccco3)ncn1-2. The Bertz CT molecular complexity index is 7790. The van der Waals surface area contributed by atoms with Crippen molar-refractivity contribution >= 4 is 56.1 Å². The molecule has 5 aliphatic heterocycles. The first kappa shape index (κ1) is 86.2. The number of aromatic nitrogens is 11. The van der Waals surface area contributed by atoms with Gasteiger partial charge in [-0.3, -0.25) is 52.8 Å². The minimum absolute atomic E-state index is 0.325. The third-order valence-electron chi connectivity index (χ3n) is 23.8. The van der Waals surface area contributed by atoms with E-state index in [2.05, 4.69) is 103 Å². The lowest BCUT2D eigenvalue weighted by molar-refractivity contribution is 0.579. The van der Waals surface area contributed by atoms with Crippen LogP contribution in [0.1, 0.15) is 112 Å². The van der Waals surface area contributed by atoms with E-state index in [0.29, 0.717) is 66.1 Å². The Hall–Kier alpha value is -18.6. The first-order valence-electron chi connectivity index (χ1n) is 43.5. The number of benzene rings is 9. The maximum atomic E-state index is 14.6. The van der Waals surface area contributed by atoms with E-state index in [1.165, 1.54) is 6.07 Å². The first-order valence-corrected chi connectivity index (χ1v) is 44.7. The molecule has 0 aliphatic carbocycles. The fraction of sp³-hybridized carbons (Fsp3) is 0.0439. The molecule has 0 unspecified atom stereocenters. The number of halogens is 3. The van der Waals surface area contributed by atoms with Gasteiger partial charge in [0.1, 0.15) is 65.9 Å². The van der Waals surface area contributed by atoms with Gasteiger partial charge in [-0.1, -0.05) is 142 Å². The van der Waals surface area contributed by atoms with Crippen LogP contribution in [0.4, 0.5) is 4.39 Å². The molecule has 25 rings (SSSR count). The Labute approximate surface area is 804 Å². The smallest absolute Gasteiger partial charge is 0.154 e. The number of imidazole rings is 5. The molecule has 0 fully saturated rings. The van der Waals surface area contributed by atoms with Crippen molar-refractivity contribution in [2.75, 3.05) is 0 Å². The summed E-state index contributed by atoms with van der Waals surface area (Å²) in [5, 5.41) is 0.647. The number of hydrogen-bond acceptors (Lipinski definition) is 16. The minimum Gasteiger partial charge on any atom is -0.463 e. The summed E-state index contributed by atoms with van der Waals surface area (Å²) in [6.45, 7) is 2.21. The number of pyridine rings is 1. The molecule has 16 heterocycles. The third-order valence-corrected chi connectivity index (χ3v) is 24.8. The molecule has 138 heavy (non-hydrogen) atoms. The molecule has 0 radical (unpaired) electrons. The van der Waals surface area contributed by atoms with Crippen molar-refractivity contribution in [1.82, 2.24) is 52.7 Å². The Morgan fingerprint density at radius 3 is 0.913 bits per heavy atom. The lowest BCUT2D eigenvalue weighted by atomic mass is 9.98. The molecule has 0 amide bonds. The second-order valence-electron chi connectivity index (χ2n) is 31.7. The molecule has 20 aromatic rings. The summed E-state index contributed by atoms with van der Waals surface area (Å²) < 4.78 is 53.6. The average molecular weight is 1880 g/mol. The number of hydrogen-bond donors (Lipinski definition) is 0. The van der Waals surface area contributed by atoms with Crippen LogP contribution >= 0.6 is 27.5 Å². The van der Waals surface area contributed by atoms with Gasteiger partial charge in [-0.05, 0) is 188 Å². The standard InChI is InChI=1S/C23H14BrN3O.C23H14ClN3O.C23H14FN3O.C23H15N3O.C22H14N4O/c3*1-2-15-9-10-19-17(12-15)22(16-6-3-4-7-18(16)24)25-13-20-23(26-14-27(19)20)21-8-5-11-28-21;1-2-16-10-11-19-18(13-16)22(17-7-4-3-5-8-17)24-14-20-23(25-15-26(19)20)21-9-6-12-27-21;1-2-15-8-9-18-16(12-15)21(17-6-3-4-10-23-17)24-13-19-22(25-14-26(18)19)20-7-5-11-27-20/h3*1,3-12,14H,13H2;1,3-13,15H,14H2;1,3-12,14H,13H2. The average Bonchev–Trinajstić information content (AvgIpc) is 1.62. The highest BCUT2D eigenvalue weighted by molar-refractivity contribution is 9.10. The second-order valence-corrected chi connectivity index (χ2v) is 32.9. The van der Waals surface area contributed by atoms with E-state index in [4.69, 9.17) is 90.8 Å². The summed E-state index contributed by atoms with van der Waals surface area (Å²) in [6, 6.07) is 86.5. The first-order chi connectivity index (χ1) is 68.0. The van der Waals surface area contributed by atoms with Crippen molar-refractivity contribution in [1.29, 1.82) is 0 Å². The second kappa shape index (κ2) is 38.0. The summed E-state index contributed by atoms with van der Waals surface area (Å²) in [5.41, 5.74) is 30.2. The summed E-state index contributed by atoms with van der Waals surface area (Å²) in [6.07, 6.45) is 47.2. The molecule has 658 valence electrons. The molecule has 0 spiro atoms. The predicted molar refractivity (Wildman–Crippen MR) is 535 cm³/mol. The summed E-state index contributed by atoms with van der Waals surface area (Å²) >= 11 is 10.2. The van der Waals surface area contributed by atoms with Gasteiger partial charge >= 0.3 is 0 Å². The molecule has 0 saturated heterocycles. The van der Waals surface area contributed by atoms with Crippen LogP contribution in [0.2, 0.25) is 5.02 Å². The normalized spacial score (nSPS) is 12.5. The zero-order valence-electron chi connectivity index (χ0n) is 73.1. The van der Waals surface area contributed by atoms with E-state index >= 15 is 0 Å². The largest absolute Gasteiger partial charge is 0.463 e. The molecule has 0 N–H and O–H groups in total. The van der Waals surface area contributed by atoms with Gasteiger partial charge in [0, 0.05) is 93.6 Å². The third kappa shape index (κ3) is 16.5. The topological polar surface area (TPSA) is 229 Å². The van der Waals surface area contributed by atoms with Crippen LogP contribution in [0.5, 0.6) is 0 Å². The van der Waals surface area contributed by atoms with Gasteiger partial charge in [-0.15, -0.1) is 32.1 Å². The Balaban J connectivity index is 0.000000103. The number of terminal acetylenes is 5. The number of rotatable bonds is 10. The van der Waals surface area contributed by atoms with Crippen molar-refractivity contribution in [2.24, 2.45) is 25.0 Å². The summed E-state index contributed by atoms with van der Waals surface area (Å²) in [5.74, 6) is 16.8. The fourth-order valence-electron chi connectivity index (χ4n) is 17.3. The number of nitrogens with zero attached hydrogens (tertiary/aromatic N) is 16. The highest BCUT2D eigenvalue weighted by atomic mass is 79.9. The van der Waals surface area contributed by atoms with E-state index < -0.39 is 0 Å². The number of aliphatic imine (C=N–C) groups is 5. The molecule has 0 atom stereocenters. The summed E-state index contributed by atoms with van der Waals surface area (Å²) in [4.78, 5) is 51.8. The van der Waals surface area contributed by atoms with Crippen LogP contribution < -0.4 is 0 Å². The summed E-state index contributed by atoms with van der Waals surface area (Å²) in [7, 11) is 0.